The van der Waals surface area contributed by atoms with Gasteiger partial charge in [0.05, 0.1) is 0 Å². The Balaban J connectivity index is 1.77. The van der Waals surface area contributed by atoms with E-state index >= 15 is 0 Å². The van der Waals surface area contributed by atoms with E-state index in [4.69, 9.17) is 0 Å². The molecule has 7 heteroatoms. The molecule has 1 aliphatic rings. The van der Waals surface area contributed by atoms with E-state index in [9.17, 15) is 4.79 Å². The summed E-state index contributed by atoms with van der Waals surface area (Å²) in [6.45, 7) is 7.15. The highest BCUT2D eigenvalue weighted by Gasteiger charge is 2.11. The third-order valence-corrected chi connectivity index (χ3v) is 3.78. The molecule has 0 aliphatic carbocycles. The van der Waals surface area contributed by atoms with Crippen molar-refractivity contribution in [3.8, 4) is 0 Å². The van der Waals surface area contributed by atoms with Gasteiger partial charge in [-0.2, -0.15) is 0 Å². The van der Waals surface area contributed by atoms with Crippen LogP contribution in [0.2, 0.25) is 0 Å². The number of anilines is 1. The van der Waals surface area contributed by atoms with Crippen molar-refractivity contribution in [1.29, 1.82) is 0 Å². The van der Waals surface area contributed by atoms with E-state index in [2.05, 4.69) is 25.7 Å². The van der Waals surface area contributed by atoms with Crippen LogP contribution in [-0.2, 0) is 11.2 Å². The number of hydrogen-bond donors (Lipinski definition) is 2. The van der Waals surface area contributed by atoms with Crippen LogP contribution in [0.5, 0.6) is 0 Å². The summed E-state index contributed by atoms with van der Waals surface area (Å²) in [5, 5.41) is 15.7. The second kappa shape index (κ2) is 6.77. The Bertz CT molecular complexity index is 389. The number of rotatable bonds is 5. The van der Waals surface area contributed by atoms with Gasteiger partial charge in [0.1, 0.15) is 5.01 Å². The minimum absolute atomic E-state index is 0.0141. The fourth-order valence-electron chi connectivity index (χ4n) is 1.80. The van der Waals surface area contributed by atoms with Gasteiger partial charge in [-0.3, -0.25) is 4.79 Å². The van der Waals surface area contributed by atoms with Gasteiger partial charge in [0.25, 0.3) is 0 Å². The number of piperazine rings is 1. The van der Waals surface area contributed by atoms with Gasteiger partial charge in [-0.1, -0.05) is 18.3 Å². The number of nitrogens with zero attached hydrogens (tertiary/aromatic N) is 3. The Morgan fingerprint density at radius 3 is 2.94 bits per heavy atom. The second-order valence-electron chi connectivity index (χ2n) is 4.24. The first kappa shape index (κ1) is 13.4. The molecular formula is C11H19N5OS. The van der Waals surface area contributed by atoms with E-state index in [1.165, 1.54) is 11.3 Å². The van der Waals surface area contributed by atoms with Crippen LogP contribution < -0.4 is 10.6 Å². The molecule has 1 saturated heterocycles. The molecule has 6 nitrogen and oxygen atoms in total. The highest BCUT2D eigenvalue weighted by Crippen LogP contribution is 2.16. The summed E-state index contributed by atoms with van der Waals surface area (Å²) in [6.07, 6.45) is 1.37. The van der Waals surface area contributed by atoms with E-state index < -0.39 is 0 Å². The Morgan fingerprint density at radius 1 is 1.44 bits per heavy atom. The van der Waals surface area contributed by atoms with Crippen LogP contribution in [0, 0.1) is 0 Å². The van der Waals surface area contributed by atoms with Crippen LogP contribution in [0.1, 0.15) is 18.4 Å². The van der Waals surface area contributed by atoms with Gasteiger partial charge in [0.2, 0.25) is 11.0 Å². The number of carbonyl (C=O) groups is 1. The maximum absolute atomic E-state index is 11.2. The van der Waals surface area contributed by atoms with Gasteiger partial charge in [-0.25, -0.2) is 0 Å². The molecule has 1 aliphatic heterocycles. The predicted molar refractivity (Wildman–Crippen MR) is 71.8 cm³/mol. The maximum atomic E-state index is 11.2. The summed E-state index contributed by atoms with van der Waals surface area (Å²) in [5.41, 5.74) is 0. The lowest BCUT2D eigenvalue weighted by atomic mass is 10.3. The average molecular weight is 269 g/mol. The number of hydrogen-bond acceptors (Lipinski definition) is 6. The minimum Gasteiger partial charge on any atom is -0.314 e. The van der Waals surface area contributed by atoms with Crippen molar-refractivity contribution in [2.24, 2.45) is 0 Å². The van der Waals surface area contributed by atoms with Crippen molar-refractivity contribution < 1.29 is 4.79 Å². The summed E-state index contributed by atoms with van der Waals surface area (Å²) < 4.78 is 0. The Hall–Kier alpha value is -1.05. The number of nitrogens with one attached hydrogen (secondary N) is 2. The fraction of sp³-hybridized carbons (Fsp3) is 0.727. The second-order valence-corrected chi connectivity index (χ2v) is 5.31. The monoisotopic (exact) mass is 269 g/mol. The van der Waals surface area contributed by atoms with E-state index in [0.29, 0.717) is 11.6 Å². The van der Waals surface area contributed by atoms with Crippen molar-refractivity contribution in [2.75, 3.05) is 38.0 Å². The fourth-order valence-corrected chi connectivity index (χ4v) is 2.55. The maximum Gasteiger partial charge on any atom is 0.225 e. The molecule has 1 fully saturated rings. The van der Waals surface area contributed by atoms with Crippen LogP contribution in [0.15, 0.2) is 0 Å². The Morgan fingerprint density at radius 2 is 2.22 bits per heavy atom. The van der Waals surface area contributed by atoms with Crippen molar-refractivity contribution >= 4 is 22.4 Å². The van der Waals surface area contributed by atoms with E-state index in [0.717, 1.165) is 44.2 Å². The minimum atomic E-state index is -0.0141. The smallest absolute Gasteiger partial charge is 0.225 e. The predicted octanol–water partition coefficient (Wildman–Crippen LogP) is 0.334. The van der Waals surface area contributed by atoms with Crippen LogP contribution in [-0.4, -0.2) is 53.7 Å². The molecule has 1 amide bonds. The average Bonchev–Trinajstić information content (AvgIpc) is 2.85. The van der Waals surface area contributed by atoms with E-state index in [1.807, 2.05) is 6.92 Å². The van der Waals surface area contributed by atoms with Crippen LogP contribution in [0.3, 0.4) is 0 Å². The lowest BCUT2D eigenvalue weighted by molar-refractivity contribution is -0.115. The molecule has 18 heavy (non-hydrogen) atoms. The molecule has 2 heterocycles. The van der Waals surface area contributed by atoms with Gasteiger partial charge in [0, 0.05) is 45.6 Å². The van der Waals surface area contributed by atoms with Crippen LogP contribution in [0.25, 0.3) is 0 Å². The topological polar surface area (TPSA) is 70.2 Å². The largest absolute Gasteiger partial charge is 0.314 e. The summed E-state index contributed by atoms with van der Waals surface area (Å²) in [5.74, 6) is -0.0141. The molecule has 2 rings (SSSR count). The molecule has 0 unspecified atom stereocenters. The van der Waals surface area contributed by atoms with Crippen molar-refractivity contribution in [3.63, 3.8) is 0 Å². The van der Waals surface area contributed by atoms with Crippen molar-refractivity contribution in [2.45, 2.75) is 19.8 Å². The highest BCUT2D eigenvalue weighted by atomic mass is 32.1. The molecule has 1 aromatic rings. The summed E-state index contributed by atoms with van der Waals surface area (Å²) in [6, 6.07) is 0. The van der Waals surface area contributed by atoms with Crippen LogP contribution >= 0.6 is 11.3 Å². The molecule has 0 aromatic carbocycles. The van der Waals surface area contributed by atoms with Crippen LogP contribution in [0.4, 0.5) is 5.13 Å². The third-order valence-electron chi connectivity index (χ3n) is 2.89. The normalized spacial score (nSPS) is 16.7. The van der Waals surface area contributed by atoms with Crippen molar-refractivity contribution in [3.05, 3.63) is 5.01 Å². The zero-order chi connectivity index (χ0) is 12.8. The standard InChI is InChI=1S/C11H19N5OS/c1-2-9(17)13-11-15-14-10(18-11)3-6-16-7-4-12-5-8-16/h12H,2-8H2,1H3,(H,13,15,17). The number of carbonyl (C=O) groups excluding carboxylic acids is 1. The van der Waals surface area contributed by atoms with Crippen molar-refractivity contribution in [1.82, 2.24) is 20.4 Å². The lowest BCUT2D eigenvalue weighted by Crippen LogP contribution is -2.44. The lowest BCUT2D eigenvalue weighted by Gasteiger charge is -2.26. The number of amides is 1. The van der Waals surface area contributed by atoms with E-state index in [-0.39, 0.29) is 5.91 Å². The Labute approximate surface area is 111 Å². The van der Waals surface area contributed by atoms with Gasteiger partial charge >= 0.3 is 0 Å². The zero-order valence-electron chi connectivity index (χ0n) is 10.6. The highest BCUT2D eigenvalue weighted by molar-refractivity contribution is 7.15. The summed E-state index contributed by atoms with van der Waals surface area (Å²) >= 11 is 1.47. The molecule has 0 saturated carbocycles. The Kier molecular flexibility index (Phi) is 5.03. The van der Waals surface area contributed by atoms with Gasteiger partial charge < -0.3 is 15.5 Å². The molecule has 1 aromatic heterocycles. The summed E-state index contributed by atoms with van der Waals surface area (Å²) in [4.78, 5) is 13.6. The molecule has 0 bridgehead atoms. The first-order chi connectivity index (χ1) is 8.78. The van der Waals surface area contributed by atoms with Gasteiger partial charge in [0.15, 0.2) is 0 Å². The number of aromatic nitrogens is 2. The molecule has 0 atom stereocenters. The first-order valence-electron chi connectivity index (χ1n) is 6.33. The molecule has 0 spiro atoms. The SMILES string of the molecule is CCC(=O)Nc1nnc(CCN2CCNCC2)s1. The van der Waals surface area contributed by atoms with E-state index in [1.54, 1.807) is 0 Å². The zero-order valence-corrected chi connectivity index (χ0v) is 11.4. The molecular weight excluding hydrogens is 250 g/mol. The first-order valence-corrected chi connectivity index (χ1v) is 7.15. The third kappa shape index (κ3) is 4.01. The molecule has 100 valence electrons. The van der Waals surface area contributed by atoms with Gasteiger partial charge in [-0.15, -0.1) is 10.2 Å². The van der Waals surface area contributed by atoms with Gasteiger partial charge in [-0.05, 0) is 0 Å². The molecule has 0 radical (unpaired) electrons. The summed E-state index contributed by atoms with van der Waals surface area (Å²) in [7, 11) is 0. The molecule has 2 N–H and O–H groups in total. The quantitative estimate of drug-likeness (QED) is 0.806.